The molecule has 10 heteroatoms. The van der Waals surface area contributed by atoms with E-state index in [9.17, 15) is 14.3 Å². The van der Waals surface area contributed by atoms with Crippen molar-refractivity contribution in [1.82, 2.24) is 10.3 Å². The first-order chi connectivity index (χ1) is 16.3. The van der Waals surface area contributed by atoms with E-state index < -0.39 is 12.0 Å². The van der Waals surface area contributed by atoms with Crippen molar-refractivity contribution in [3.05, 3.63) is 70.5 Å². The topological polar surface area (TPSA) is 113 Å². The van der Waals surface area contributed by atoms with Crippen LogP contribution in [0.4, 0.5) is 9.52 Å². The van der Waals surface area contributed by atoms with Gasteiger partial charge in [0, 0.05) is 35.7 Å². The number of anilines is 1. The molecular formula is C24H28FN3O5S. The number of carbonyl (C=O) groups is 1. The molecule has 0 aliphatic rings. The highest BCUT2D eigenvalue weighted by Crippen LogP contribution is 2.26. The summed E-state index contributed by atoms with van der Waals surface area (Å²) in [5.41, 5.74) is 1.40. The summed E-state index contributed by atoms with van der Waals surface area (Å²) in [4.78, 5) is 17.2. The van der Waals surface area contributed by atoms with Gasteiger partial charge in [-0.05, 0) is 32.0 Å². The number of aliphatic hydroxyl groups is 2. The fraction of sp³-hybridized carbons (Fsp3) is 0.333. The highest BCUT2D eigenvalue weighted by Gasteiger charge is 2.14. The number of nitrogens with one attached hydrogen (secondary N) is 2. The Kier molecular flexibility index (Phi) is 9.34. The second kappa shape index (κ2) is 12.4. The Morgan fingerprint density at radius 1 is 1.21 bits per heavy atom. The van der Waals surface area contributed by atoms with Crippen molar-refractivity contribution in [2.24, 2.45) is 0 Å². The zero-order valence-corrected chi connectivity index (χ0v) is 19.8. The van der Waals surface area contributed by atoms with E-state index in [0.29, 0.717) is 40.0 Å². The summed E-state index contributed by atoms with van der Waals surface area (Å²) in [7, 11) is 0. The molecule has 1 heterocycles. The van der Waals surface area contributed by atoms with E-state index in [0.717, 1.165) is 0 Å². The van der Waals surface area contributed by atoms with Crippen LogP contribution >= 0.6 is 11.3 Å². The maximum Gasteiger partial charge on any atom is 0.257 e. The summed E-state index contributed by atoms with van der Waals surface area (Å²) in [6.07, 6.45) is -0.955. The lowest BCUT2D eigenvalue weighted by Crippen LogP contribution is -2.29. The fourth-order valence-electron chi connectivity index (χ4n) is 2.95. The lowest BCUT2D eigenvalue weighted by molar-refractivity contribution is 0.0941. The third kappa shape index (κ3) is 7.77. The van der Waals surface area contributed by atoms with Crippen molar-refractivity contribution in [2.45, 2.75) is 39.2 Å². The van der Waals surface area contributed by atoms with Crippen molar-refractivity contribution in [3.8, 4) is 11.5 Å². The summed E-state index contributed by atoms with van der Waals surface area (Å²) < 4.78 is 25.4. The Hall–Kier alpha value is -3.05. The Morgan fingerprint density at radius 3 is 2.71 bits per heavy atom. The first-order valence-corrected chi connectivity index (χ1v) is 11.7. The molecule has 0 radical (unpaired) electrons. The Labute approximate surface area is 201 Å². The maximum absolute atomic E-state index is 13.9. The molecule has 0 bridgehead atoms. The van der Waals surface area contributed by atoms with E-state index in [1.807, 2.05) is 13.8 Å². The smallest absolute Gasteiger partial charge is 0.257 e. The predicted molar refractivity (Wildman–Crippen MR) is 128 cm³/mol. The first kappa shape index (κ1) is 25.6. The molecular weight excluding hydrogens is 461 g/mol. The zero-order chi connectivity index (χ0) is 24.5. The van der Waals surface area contributed by atoms with E-state index in [4.69, 9.17) is 14.6 Å². The van der Waals surface area contributed by atoms with Gasteiger partial charge in [-0.1, -0.05) is 18.2 Å². The molecule has 34 heavy (non-hydrogen) atoms. The quantitative estimate of drug-likeness (QED) is 0.309. The first-order valence-electron chi connectivity index (χ1n) is 10.8. The number of thiazole rings is 1. The van der Waals surface area contributed by atoms with Crippen LogP contribution in [0.5, 0.6) is 11.5 Å². The van der Waals surface area contributed by atoms with E-state index in [-0.39, 0.29) is 31.7 Å². The average molecular weight is 490 g/mol. The van der Waals surface area contributed by atoms with Crippen LogP contribution in [0.3, 0.4) is 0 Å². The van der Waals surface area contributed by atoms with Gasteiger partial charge in [0.25, 0.3) is 5.91 Å². The van der Waals surface area contributed by atoms with Crippen molar-refractivity contribution >= 4 is 22.4 Å². The van der Waals surface area contributed by atoms with E-state index in [2.05, 4.69) is 15.6 Å². The third-order valence-electron chi connectivity index (χ3n) is 4.54. The minimum Gasteiger partial charge on any atom is -0.491 e. The molecule has 3 rings (SSSR count). The molecule has 0 spiro atoms. The molecule has 3 aromatic rings. The molecule has 1 amide bonds. The van der Waals surface area contributed by atoms with Crippen LogP contribution in [0.1, 0.15) is 35.5 Å². The summed E-state index contributed by atoms with van der Waals surface area (Å²) in [6, 6.07) is 11.2. The number of carbonyl (C=O) groups excluding carboxylic acids is 1. The molecule has 8 nitrogen and oxygen atoms in total. The summed E-state index contributed by atoms with van der Waals surface area (Å²) in [6.45, 7) is 4.04. The van der Waals surface area contributed by atoms with Gasteiger partial charge in [0.15, 0.2) is 5.13 Å². The highest BCUT2D eigenvalue weighted by molar-refractivity contribution is 7.14. The van der Waals surface area contributed by atoms with E-state index >= 15 is 0 Å². The number of nitrogens with zero attached hydrogens (tertiary/aromatic N) is 1. The summed E-state index contributed by atoms with van der Waals surface area (Å²) in [5.74, 6) is 0.0696. The van der Waals surface area contributed by atoms with Gasteiger partial charge in [0.1, 0.15) is 23.9 Å². The minimum absolute atomic E-state index is 0.00663. The second-order valence-corrected chi connectivity index (χ2v) is 8.66. The van der Waals surface area contributed by atoms with Crippen molar-refractivity contribution in [2.75, 3.05) is 18.5 Å². The molecule has 1 aromatic heterocycles. The zero-order valence-electron chi connectivity index (χ0n) is 19.0. The minimum atomic E-state index is -0.840. The van der Waals surface area contributed by atoms with Crippen molar-refractivity contribution < 1.29 is 28.9 Å². The molecule has 0 saturated carbocycles. The molecule has 0 saturated heterocycles. The number of aliphatic hydroxyl groups excluding tert-OH is 2. The van der Waals surface area contributed by atoms with Gasteiger partial charge < -0.3 is 25.0 Å². The van der Waals surface area contributed by atoms with Gasteiger partial charge in [-0.3, -0.25) is 10.1 Å². The lowest BCUT2D eigenvalue weighted by Gasteiger charge is -2.14. The Balaban J connectivity index is 1.69. The van der Waals surface area contributed by atoms with Gasteiger partial charge in [-0.15, -0.1) is 11.3 Å². The number of ether oxygens (including phenoxy) is 2. The number of amides is 1. The van der Waals surface area contributed by atoms with Gasteiger partial charge in [0.2, 0.25) is 0 Å². The van der Waals surface area contributed by atoms with Crippen LogP contribution in [0, 0.1) is 5.82 Å². The summed E-state index contributed by atoms with van der Waals surface area (Å²) >= 11 is 1.27. The molecule has 182 valence electrons. The highest BCUT2D eigenvalue weighted by atomic mass is 32.1. The van der Waals surface area contributed by atoms with E-state index in [1.54, 1.807) is 41.8 Å². The molecule has 0 aliphatic carbocycles. The number of aromatic nitrogens is 1. The van der Waals surface area contributed by atoms with E-state index in [1.165, 1.54) is 17.4 Å². The van der Waals surface area contributed by atoms with Crippen LogP contribution in [-0.2, 0) is 13.2 Å². The SMILES string of the molecule is CC(C)Oc1cc(OCc2ccccc2F)cc(C(=O)Nc2nc(CNCC(O)CO)cs2)c1. The maximum atomic E-state index is 13.9. The fourth-order valence-corrected chi connectivity index (χ4v) is 3.65. The third-order valence-corrected chi connectivity index (χ3v) is 5.34. The number of hydrogen-bond donors (Lipinski definition) is 4. The molecule has 1 unspecified atom stereocenters. The molecule has 0 aliphatic heterocycles. The van der Waals surface area contributed by atoms with Gasteiger partial charge in [-0.2, -0.15) is 0 Å². The largest absolute Gasteiger partial charge is 0.491 e. The van der Waals surface area contributed by atoms with Crippen LogP contribution in [0.25, 0.3) is 0 Å². The number of benzene rings is 2. The molecule has 2 aromatic carbocycles. The Morgan fingerprint density at radius 2 is 1.97 bits per heavy atom. The van der Waals surface area contributed by atoms with Crippen LogP contribution in [-0.4, -0.2) is 46.5 Å². The number of halogens is 1. The molecule has 4 N–H and O–H groups in total. The van der Waals surface area contributed by atoms with Crippen LogP contribution in [0.2, 0.25) is 0 Å². The van der Waals surface area contributed by atoms with Gasteiger partial charge in [0.05, 0.1) is 24.5 Å². The van der Waals surface area contributed by atoms with Crippen LogP contribution in [0.15, 0.2) is 47.8 Å². The monoisotopic (exact) mass is 489 g/mol. The lowest BCUT2D eigenvalue weighted by atomic mass is 10.2. The van der Waals surface area contributed by atoms with Gasteiger partial charge >= 0.3 is 0 Å². The average Bonchev–Trinajstić information content (AvgIpc) is 3.24. The number of rotatable bonds is 12. The number of hydrogen-bond acceptors (Lipinski definition) is 8. The van der Waals surface area contributed by atoms with Gasteiger partial charge in [-0.25, -0.2) is 9.37 Å². The molecule has 1 atom stereocenters. The van der Waals surface area contributed by atoms with Crippen molar-refractivity contribution in [3.63, 3.8) is 0 Å². The second-order valence-electron chi connectivity index (χ2n) is 7.81. The normalized spacial score (nSPS) is 11.9. The van der Waals surface area contributed by atoms with Crippen LogP contribution < -0.4 is 20.1 Å². The predicted octanol–water partition coefficient (Wildman–Crippen LogP) is 3.34. The standard InChI is InChI=1S/C24H28FN3O5S/c1-15(2)33-21-8-17(7-20(9-21)32-13-16-5-3-4-6-22(16)25)23(31)28-24-27-18(14-34-24)10-26-11-19(30)12-29/h3-9,14-15,19,26,29-30H,10-13H2,1-2H3,(H,27,28,31). The molecule has 0 fully saturated rings. The van der Waals surface area contributed by atoms with Crippen molar-refractivity contribution in [1.29, 1.82) is 0 Å². The summed E-state index contributed by atoms with van der Waals surface area (Å²) in [5, 5.41) is 26.2. The Bertz CT molecular complexity index is 1090.